The van der Waals surface area contributed by atoms with Crippen molar-refractivity contribution < 1.29 is 43.8 Å². The van der Waals surface area contributed by atoms with Crippen LogP contribution in [-0.2, 0) is 40.0 Å². The molecule has 0 radical (unpaired) electrons. The summed E-state index contributed by atoms with van der Waals surface area (Å²) >= 11 is 0. The van der Waals surface area contributed by atoms with Crippen LogP contribution in [0.4, 0.5) is 0 Å². The van der Waals surface area contributed by atoms with E-state index in [0.717, 1.165) is 0 Å². The number of benzene rings is 1. The van der Waals surface area contributed by atoms with E-state index >= 15 is 0 Å². The summed E-state index contributed by atoms with van der Waals surface area (Å²) in [4.78, 5) is 94.1. The molecule has 0 bridgehead atoms. The van der Waals surface area contributed by atoms with Crippen LogP contribution in [0.1, 0.15) is 78.7 Å². The average molecular weight is 748 g/mol. The molecule has 0 aliphatic carbocycles. The molecular weight excluding hydrogens is 690 g/mol. The van der Waals surface area contributed by atoms with Crippen LogP contribution in [0.3, 0.4) is 0 Å². The Labute approximate surface area is 309 Å². The fraction of sp³-hybridized carbons (Fsp3) is 0.600. The van der Waals surface area contributed by atoms with Gasteiger partial charge in [0.25, 0.3) is 0 Å². The number of carbonyl (C=O) groups is 7. The Balaban J connectivity index is 3.34. The molecule has 6 atom stereocenters. The van der Waals surface area contributed by atoms with Gasteiger partial charge in [-0.25, -0.2) is 4.79 Å². The van der Waals surface area contributed by atoms with Gasteiger partial charge in [-0.2, -0.15) is 0 Å². The van der Waals surface area contributed by atoms with E-state index in [-0.39, 0.29) is 62.9 Å². The molecule has 1 aromatic rings. The number of amides is 5. The third-order valence-electron chi connectivity index (χ3n) is 7.85. The molecule has 0 aliphatic rings. The molecule has 0 saturated carbocycles. The van der Waals surface area contributed by atoms with Gasteiger partial charge in [0.15, 0.2) is 5.96 Å². The minimum Gasteiger partial charge on any atom is -0.481 e. The Morgan fingerprint density at radius 2 is 1.09 bits per heavy atom. The maximum absolute atomic E-state index is 13.8. The molecule has 13 N–H and O–H groups in total. The van der Waals surface area contributed by atoms with E-state index in [1.807, 2.05) is 13.8 Å². The van der Waals surface area contributed by atoms with E-state index in [2.05, 4.69) is 31.6 Å². The minimum absolute atomic E-state index is 0.00764. The first-order valence-electron chi connectivity index (χ1n) is 17.6. The van der Waals surface area contributed by atoms with Crippen LogP contribution >= 0.6 is 0 Å². The summed E-state index contributed by atoms with van der Waals surface area (Å²) in [5.74, 6) is -6.68. The second-order valence-electron chi connectivity index (χ2n) is 13.8. The van der Waals surface area contributed by atoms with Crippen LogP contribution in [0.15, 0.2) is 35.3 Å². The number of rotatable bonds is 24. The molecule has 18 nitrogen and oxygen atoms in total. The molecule has 1 aromatic carbocycles. The van der Waals surface area contributed by atoms with Gasteiger partial charge in [0.05, 0.1) is 6.04 Å². The largest absolute Gasteiger partial charge is 0.481 e. The van der Waals surface area contributed by atoms with Gasteiger partial charge in [-0.3, -0.25) is 33.8 Å². The van der Waals surface area contributed by atoms with Gasteiger partial charge >= 0.3 is 11.9 Å². The lowest BCUT2D eigenvalue weighted by Crippen LogP contribution is -2.59. The smallest absolute Gasteiger partial charge is 0.326 e. The summed E-state index contributed by atoms with van der Waals surface area (Å²) in [6.07, 6.45) is -0.355. The first-order valence-corrected chi connectivity index (χ1v) is 17.6. The second kappa shape index (κ2) is 23.3. The number of nitrogens with two attached hydrogens (primary N) is 3. The van der Waals surface area contributed by atoms with E-state index in [4.69, 9.17) is 17.2 Å². The number of aliphatic carboxylic acids is 2. The summed E-state index contributed by atoms with van der Waals surface area (Å²) in [5, 5.41) is 31.9. The van der Waals surface area contributed by atoms with Gasteiger partial charge in [-0.1, -0.05) is 58.0 Å². The second-order valence-corrected chi connectivity index (χ2v) is 13.8. The summed E-state index contributed by atoms with van der Waals surface area (Å²) in [5.41, 5.74) is 17.0. The van der Waals surface area contributed by atoms with Crippen molar-refractivity contribution in [3.63, 3.8) is 0 Å². The van der Waals surface area contributed by atoms with E-state index in [0.29, 0.717) is 5.56 Å². The normalized spacial score (nSPS) is 14.4. The third kappa shape index (κ3) is 18.7. The van der Waals surface area contributed by atoms with Crippen LogP contribution in [-0.4, -0.2) is 100 Å². The van der Waals surface area contributed by atoms with E-state index < -0.39 is 84.1 Å². The monoisotopic (exact) mass is 747 g/mol. The predicted octanol–water partition coefficient (Wildman–Crippen LogP) is -0.904. The van der Waals surface area contributed by atoms with Crippen LogP contribution < -0.4 is 43.8 Å². The molecule has 18 heteroatoms. The molecule has 0 fully saturated rings. The number of hydrogen-bond acceptors (Lipinski definition) is 9. The predicted molar refractivity (Wildman–Crippen MR) is 197 cm³/mol. The first kappa shape index (κ1) is 45.8. The maximum Gasteiger partial charge on any atom is 0.326 e. The summed E-state index contributed by atoms with van der Waals surface area (Å²) < 4.78 is 0. The Morgan fingerprint density at radius 1 is 0.642 bits per heavy atom. The first-order chi connectivity index (χ1) is 24.8. The highest BCUT2D eigenvalue weighted by Gasteiger charge is 2.33. The highest BCUT2D eigenvalue weighted by atomic mass is 16.4. The number of nitrogens with one attached hydrogen (secondary N) is 5. The van der Waals surface area contributed by atoms with Crippen molar-refractivity contribution in [2.75, 3.05) is 6.54 Å². The van der Waals surface area contributed by atoms with Crippen molar-refractivity contribution in [3.05, 3.63) is 35.9 Å². The Morgan fingerprint density at radius 3 is 1.57 bits per heavy atom. The molecule has 5 amide bonds. The molecule has 0 saturated heterocycles. The minimum atomic E-state index is -1.42. The number of carboxylic acid groups (broad SMARTS) is 2. The standard InChI is InChI=1S/C35H57N9O9/c1-19(2)16-25(42-29(47)21(5)36)31(49)40-23(13-14-28(45)46)30(48)43-26(17-20(3)4)32(50)44-27(18-22-10-7-6-8-11-22)33(51)41-24(34(52)53)12-9-15-39-35(37)38/h6-8,10-11,19-21,23-27H,9,12-18,36H2,1-5H3,(H,40,49)(H,41,51)(H,42,47)(H,43,48)(H,44,50)(H,45,46)(H,52,53)(H4,37,38,39)/t21-,23-,24-,25-,26-,27-/m0/s1. The van der Waals surface area contributed by atoms with Gasteiger partial charge in [0.2, 0.25) is 29.5 Å². The van der Waals surface area contributed by atoms with Gasteiger partial charge in [-0.15, -0.1) is 0 Å². The molecular formula is C35H57N9O9. The van der Waals surface area contributed by atoms with Crippen LogP contribution in [0.25, 0.3) is 0 Å². The zero-order valence-corrected chi connectivity index (χ0v) is 31.1. The number of guanidine groups is 1. The van der Waals surface area contributed by atoms with Gasteiger partial charge in [0.1, 0.15) is 30.2 Å². The van der Waals surface area contributed by atoms with Crippen LogP contribution in [0.5, 0.6) is 0 Å². The van der Waals surface area contributed by atoms with Gasteiger partial charge in [-0.05, 0) is 56.4 Å². The highest BCUT2D eigenvalue weighted by Crippen LogP contribution is 2.11. The van der Waals surface area contributed by atoms with Gasteiger partial charge < -0.3 is 54.0 Å². The molecule has 0 unspecified atom stereocenters. The number of carboxylic acids is 2. The molecule has 1 rings (SSSR count). The summed E-state index contributed by atoms with van der Waals surface area (Å²) in [7, 11) is 0. The number of nitrogens with zero attached hydrogens (tertiary/aromatic N) is 1. The Kier molecular flexibility index (Phi) is 20.1. The molecule has 0 spiro atoms. The fourth-order valence-corrected chi connectivity index (χ4v) is 5.15. The lowest BCUT2D eigenvalue weighted by Gasteiger charge is -2.28. The SMILES string of the molecule is CC(C)C[C@H](NC(=O)[C@H](C)N)C(=O)N[C@@H](CCC(=O)O)C(=O)N[C@@H](CC(C)C)C(=O)N[C@@H](Cc1ccccc1)C(=O)N[C@@H](CCCN=C(N)N)C(=O)O. The average Bonchev–Trinajstić information content (AvgIpc) is 3.06. The van der Waals surface area contributed by atoms with Crippen molar-refractivity contribution in [3.8, 4) is 0 Å². The molecule has 0 aromatic heterocycles. The van der Waals surface area contributed by atoms with Gasteiger partial charge in [0, 0.05) is 19.4 Å². The molecule has 0 aliphatic heterocycles. The zero-order valence-electron chi connectivity index (χ0n) is 31.1. The summed E-state index contributed by atoms with van der Waals surface area (Å²) in [6, 6.07) is 1.41. The van der Waals surface area contributed by atoms with Crippen LogP contribution in [0, 0.1) is 11.8 Å². The maximum atomic E-state index is 13.8. The molecule has 0 heterocycles. The Bertz CT molecular complexity index is 1420. The van der Waals surface area contributed by atoms with E-state index in [1.165, 1.54) is 6.92 Å². The number of aliphatic imine (C=N–C) groups is 1. The van der Waals surface area contributed by atoms with Crippen molar-refractivity contribution in [1.29, 1.82) is 0 Å². The van der Waals surface area contributed by atoms with Crippen LogP contribution in [0.2, 0.25) is 0 Å². The zero-order chi connectivity index (χ0) is 40.2. The molecule has 53 heavy (non-hydrogen) atoms. The third-order valence-corrected chi connectivity index (χ3v) is 7.85. The van der Waals surface area contributed by atoms with Crippen molar-refractivity contribution in [1.82, 2.24) is 26.6 Å². The number of carbonyl (C=O) groups excluding carboxylic acids is 5. The fourth-order valence-electron chi connectivity index (χ4n) is 5.15. The quantitative estimate of drug-likeness (QED) is 0.0349. The Hall–Kier alpha value is -5.26. The van der Waals surface area contributed by atoms with E-state index in [1.54, 1.807) is 44.2 Å². The van der Waals surface area contributed by atoms with Crippen molar-refractivity contribution in [2.24, 2.45) is 34.0 Å². The topological polar surface area (TPSA) is 311 Å². The lowest BCUT2D eigenvalue weighted by atomic mass is 9.99. The highest BCUT2D eigenvalue weighted by molar-refractivity contribution is 5.96. The van der Waals surface area contributed by atoms with Crippen molar-refractivity contribution in [2.45, 2.75) is 116 Å². The van der Waals surface area contributed by atoms with E-state index in [9.17, 15) is 43.8 Å². The summed E-state index contributed by atoms with van der Waals surface area (Å²) in [6.45, 7) is 8.81. The lowest BCUT2D eigenvalue weighted by molar-refractivity contribution is -0.142. The van der Waals surface area contributed by atoms with Crippen molar-refractivity contribution >= 4 is 47.4 Å². The molecule has 296 valence electrons. The number of hydrogen-bond donors (Lipinski definition) is 10.